The zero-order chi connectivity index (χ0) is 12.8. The third-order valence-corrected chi connectivity index (χ3v) is 2.71. The molecule has 0 heterocycles. The summed E-state index contributed by atoms with van der Waals surface area (Å²) in [6, 6.07) is 3.85. The van der Waals surface area contributed by atoms with Crippen molar-refractivity contribution in [3.8, 4) is 0 Å². The number of hydrogen-bond donors (Lipinski definition) is 2. The number of benzene rings is 1. The number of halogens is 1. The van der Waals surface area contributed by atoms with E-state index >= 15 is 0 Å². The van der Waals surface area contributed by atoms with Gasteiger partial charge in [0, 0.05) is 0 Å². The van der Waals surface area contributed by atoms with Crippen molar-refractivity contribution in [1.82, 2.24) is 5.32 Å². The van der Waals surface area contributed by atoms with E-state index in [1.807, 2.05) is 26.0 Å². The lowest BCUT2D eigenvalue weighted by Crippen LogP contribution is -2.28. The molecular weight excluding hydrogens is 236 g/mol. The van der Waals surface area contributed by atoms with Gasteiger partial charge in [-0.25, -0.2) is 0 Å². The van der Waals surface area contributed by atoms with Gasteiger partial charge in [-0.1, -0.05) is 24.6 Å². The van der Waals surface area contributed by atoms with Crippen LogP contribution in [0.5, 0.6) is 0 Å². The Morgan fingerprint density at radius 3 is 2.65 bits per heavy atom. The van der Waals surface area contributed by atoms with Gasteiger partial charge in [-0.05, 0) is 44.0 Å². The van der Waals surface area contributed by atoms with E-state index in [1.165, 1.54) is 0 Å². The first-order valence-corrected chi connectivity index (χ1v) is 6.19. The maximum Gasteiger partial charge on any atom is 0.238 e. The molecule has 0 fully saturated rings. The molecular formula is C13H19ClN2O. The van der Waals surface area contributed by atoms with Gasteiger partial charge in [0.05, 0.1) is 17.3 Å². The molecule has 0 bridgehead atoms. The minimum Gasteiger partial charge on any atom is -0.323 e. The van der Waals surface area contributed by atoms with Gasteiger partial charge in [0.15, 0.2) is 0 Å². The molecule has 0 unspecified atom stereocenters. The summed E-state index contributed by atoms with van der Waals surface area (Å²) in [6.07, 6.45) is 1.01. The van der Waals surface area contributed by atoms with Gasteiger partial charge in [0.25, 0.3) is 0 Å². The number of carbonyl (C=O) groups is 1. The fourth-order valence-electron chi connectivity index (χ4n) is 1.64. The van der Waals surface area contributed by atoms with E-state index in [4.69, 9.17) is 11.6 Å². The minimum atomic E-state index is -0.0627. The molecule has 1 aromatic rings. The van der Waals surface area contributed by atoms with Gasteiger partial charge in [0.1, 0.15) is 0 Å². The number of nitrogens with one attached hydrogen (secondary N) is 2. The van der Waals surface area contributed by atoms with Crippen LogP contribution in [0.3, 0.4) is 0 Å². The van der Waals surface area contributed by atoms with Crippen molar-refractivity contribution in [3.05, 3.63) is 28.3 Å². The number of anilines is 1. The molecule has 1 aromatic carbocycles. The normalized spacial score (nSPS) is 10.4. The van der Waals surface area contributed by atoms with E-state index in [0.29, 0.717) is 17.3 Å². The number of carbonyl (C=O) groups excluding carboxylic acids is 1. The molecule has 0 atom stereocenters. The zero-order valence-corrected chi connectivity index (χ0v) is 11.3. The summed E-state index contributed by atoms with van der Waals surface area (Å²) in [7, 11) is 0. The highest BCUT2D eigenvalue weighted by Gasteiger charge is 2.08. The van der Waals surface area contributed by atoms with Crippen LogP contribution in [-0.2, 0) is 4.79 Å². The monoisotopic (exact) mass is 254 g/mol. The van der Waals surface area contributed by atoms with Crippen LogP contribution in [0.1, 0.15) is 24.5 Å². The summed E-state index contributed by atoms with van der Waals surface area (Å²) < 4.78 is 0. The van der Waals surface area contributed by atoms with Crippen LogP contribution in [0.25, 0.3) is 0 Å². The van der Waals surface area contributed by atoms with Crippen LogP contribution in [0.4, 0.5) is 5.69 Å². The highest BCUT2D eigenvalue weighted by molar-refractivity contribution is 6.34. The Morgan fingerprint density at radius 1 is 1.35 bits per heavy atom. The molecule has 1 amide bonds. The number of rotatable bonds is 5. The SMILES string of the molecule is CCCNCC(=O)Nc1c(C)cc(C)cc1Cl. The molecule has 0 saturated carbocycles. The molecule has 0 aromatic heterocycles. The molecule has 3 nitrogen and oxygen atoms in total. The second-order valence-corrected chi connectivity index (χ2v) is 4.57. The second-order valence-electron chi connectivity index (χ2n) is 4.16. The van der Waals surface area contributed by atoms with Crippen LogP contribution >= 0.6 is 11.6 Å². The second kappa shape index (κ2) is 6.62. The van der Waals surface area contributed by atoms with Gasteiger partial charge in [0.2, 0.25) is 5.91 Å². The summed E-state index contributed by atoms with van der Waals surface area (Å²) >= 11 is 6.11. The molecule has 0 spiro atoms. The number of aryl methyl sites for hydroxylation is 2. The first-order valence-electron chi connectivity index (χ1n) is 5.82. The molecule has 0 aliphatic heterocycles. The van der Waals surface area contributed by atoms with Gasteiger partial charge in [-0.3, -0.25) is 4.79 Å². The third kappa shape index (κ3) is 4.36. The van der Waals surface area contributed by atoms with Crippen molar-refractivity contribution in [3.63, 3.8) is 0 Å². The van der Waals surface area contributed by atoms with E-state index in [0.717, 1.165) is 24.1 Å². The summed E-state index contributed by atoms with van der Waals surface area (Å²) in [5.41, 5.74) is 2.79. The van der Waals surface area contributed by atoms with Crippen LogP contribution < -0.4 is 10.6 Å². The number of amides is 1. The molecule has 17 heavy (non-hydrogen) atoms. The zero-order valence-electron chi connectivity index (χ0n) is 10.6. The molecule has 0 aliphatic carbocycles. The van der Waals surface area contributed by atoms with Gasteiger partial charge in [-0.15, -0.1) is 0 Å². The van der Waals surface area contributed by atoms with Crippen LogP contribution in [0.15, 0.2) is 12.1 Å². The summed E-state index contributed by atoms with van der Waals surface area (Å²) in [5.74, 6) is -0.0627. The maximum atomic E-state index is 11.6. The summed E-state index contributed by atoms with van der Waals surface area (Å²) in [4.78, 5) is 11.6. The van der Waals surface area contributed by atoms with Crippen LogP contribution in [-0.4, -0.2) is 19.0 Å². The fourth-order valence-corrected chi connectivity index (χ4v) is 2.00. The van der Waals surface area contributed by atoms with Gasteiger partial charge >= 0.3 is 0 Å². The van der Waals surface area contributed by atoms with Crippen molar-refractivity contribution < 1.29 is 4.79 Å². The fraction of sp³-hybridized carbons (Fsp3) is 0.462. The molecule has 0 radical (unpaired) electrons. The van der Waals surface area contributed by atoms with Gasteiger partial charge < -0.3 is 10.6 Å². The largest absolute Gasteiger partial charge is 0.323 e. The van der Waals surface area contributed by atoms with E-state index in [-0.39, 0.29) is 5.91 Å². The molecule has 0 aliphatic rings. The summed E-state index contributed by atoms with van der Waals surface area (Å²) in [5, 5.41) is 6.47. The molecule has 1 rings (SSSR count). The molecule has 4 heteroatoms. The van der Waals surface area contributed by atoms with Crippen LogP contribution in [0, 0.1) is 13.8 Å². The Kier molecular flexibility index (Phi) is 5.45. The first kappa shape index (κ1) is 14.0. The van der Waals surface area contributed by atoms with Crippen molar-refractivity contribution in [2.45, 2.75) is 27.2 Å². The molecule has 2 N–H and O–H groups in total. The lowest BCUT2D eigenvalue weighted by molar-refractivity contribution is -0.115. The van der Waals surface area contributed by atoms with Crippen molar-refractivity contribution in [1.29, 1.82) is 0 Å². The maximum absolute atomic E-state index is 11.6. The topological polar surface area (TPSA) is 41.1 Å². The van der Waals surface area contributed by atoms with E-state index in [1.54, 1.807) is 0 Å². The van der Waals surface area contributed by atoms with Crippen LogP contribution in [0.2, 0.25) is 5.02 Å². The molecule has 94 valence electrons. The minimum absolute atomic E-state index is 0.0627. The first-order chi connectivity index (χ1) is 8.04. The average molecular weight is 255 g/mol. The Morgan fingerprint density at radius 2 is 2.06 bits per heavy atom. The van der Waals surface area contributed by atoms with E-state index in [9.17, 15) is 4.79 Å². The predicted octanol–water partition coefficient (Wildman–Crippen LogP) is 2.89. The van der Waals surface area contributed by atoms with E-state index in [2.05, 4.69) is 17.6 Å². The quantitative estimate of drug-likeness (QED) is 0.794. The lowest BCUT2D eigenvalue weighted by atomic mass is 10.1. The highest BCUT2D eigenvalue weighted by atomic mass is 35.5. The smallest absolute Gasteiger partial charge is 0.238 e. The van der Waals surface area contributed by atoms with Crippen molar-refractivity contribution in [2.24, 2.45) is 0 Å². The third-order valence-electron chi connectivity index (χ3n) is 2.41. The van der Waals surface area contributed by atoms with Gasteiger partial charge in [-0.2, -0.15) is 0 Å². The Bertz CT molecular complexity index is 381. The summed E-state index contributed by atoms with van der Waals surface area (Å²) in [6.45, 7) is 7.14. The molecule has 0 saturated heterocycles. The predicted molar refractivity (Wildman–Crippen MR) is 72.7 cm³/mol. The Balaban J connectivity index is 2.65. The van der Waals surface area contributed by atoms with E-state index < -0.39 is 0 Å². The van der Waals surface area contributed by atoms with Crippen molar-refractivity contribution in [2.75, 3.05) is 18.4 Å². The number of hydrogen-bond acceptors (Lipinski definition) is 2. The highest BCUT2D eigenvalue weighted by Crippen LogP contribution is 2.27. The van der Waals surface area contributed by atoms with Crippen molar-refractivity contribution >= 4 is 23.2 Å². The standard InChI is InChI=1S/C13H19ClN2O/c1-4-5-15-8-12(17)16-13-10(3)6-9(2)7-11(13)14/h6-7,15H,4-5,8H2,1-3H3,(H,16,17). The average Bonchev–Trinajstić information content (AvgIpc) is 2.24. The Labute approximate surface area is 108 Å². The lowest BCUT2D eigenvalue weighted by Gasteiger charge is -2.11. The Hall–Kier alpha value is -1.06.